The molecule has 3 heterocycles. The van der Waals surface area contributed by atoms with E-state index in [1.54, 1.807) is 0 Å². The molecule has 2 saturated heterocycles. The maximum absolute atomic E-state index is 6.10. The van der Waals surface area contributed by atoms with Gasteiger partial charge in [0.1, 0.15) is 11.5 Å². The van der Waals surface area contributed by atoms with E-state index in [-0.39, 0.29) is 17.9 Å². The first kappa shape index (κ1) is 19.4. The first-order valence-corrected chi connectivity index (χ1v) is 10.0. The van der Waals surface area contributed by atoms with Gasteiger partial charge >= 0.3 is 0 Å². The molecule has 2 fully saturated rings. The highest BCUT2D eigenvalue weighted by molar-refractivity contribution is 5.85. The summed E-state index contributed by atoms with van der Waals surface area (Å²) in [6, 6.07) is 9.97. The maximum atomic E-state index is 6.10. The van der Waals surface area contributed by atoms with Crippen molar-refractivity contribution in [2.75, 3.05) is 19.7 Å². The van der Waals surface area contributed by atoms with Crippen LogP contribution in [0.1, 0.15) is 32.6 Å². The summed E-state index contributed by atoms with van der Waals surface area (Å²) >= 11 is 0. The summed E-state index contributed by atoms with van der Waals surface area (Å²) in [5.41, 5.74) is 3.86. The molecule has 2 unspecified atom stereocenters. The molecule has 3 aliphatic heterocycles. The van der Waals surface area contributed by atoms with E-state index in [4.69, 9.17) is 14.5 Å². The van der Waals surface area contributed by atoms with Gasteiger partial charge in [0.25, 0.3) is 0 Å². The predicted molar refractivity (Wildman–Crippen MR) is 114 cm³/mol. The van der Waals surface area contributed by atoms with Gasteiger partial charge in [-0.1, -0.05) is 18.2 Å². The molecule has 1 aromatic rings. The zero-order chi connectivity index (χ0) is 18.3. The summed E-state index contributed by atoms with van der Waals surface area (Å²) in [6.45, 7) is 5.18. The topological polar surface area (TPSA) is 34.1 Å². The molecule has 148 valence electrons. The Hall–Kier alpha value is -1.88. The summed E-state index contributed by atoms with van der Waals surface area (Å²) in [6.07, 6.45) is 11.1. The van der Waals surface area contributed by atoms with Gasteiger partial charge in [0.15, 0.2) is 0 Å². The van der Waals surface area contributed by atoms with E-state index in [9.17, 15) is 0 Å². The molecule has 4 aliphatic rings. The molecule has 0 N–H and O–H groups in total. The molecule has 5 heteroatoms. The second kappa shape index (κ2) is 7.86. The predicted octanol–water partition coefficient (Wildman–Crippen LogP) is 4.68. The highest BCUT2D eigenvalue weighted by atomic mass is 35.5. The second-order valence-corrected chi connectivity index (χ2v) is 7.87. The number of dihydropyridines is 1. The molecule has 0 radical (unpaired) electrons. The molecule has 4 nitrogen and oxygen atoms in total. The van der Waals surface area contributed by atoms with Crippen LogP contribution in [0, 0.1) is 0 Å². The fourth-order valence-electron chi connectivity index (χ4n) is 4.96. The molecule has 1 spiro atoms. The van der Waals surface area contributed by atoms with Crippen LogP contribution >= 0.6 is 12.4 Å². The third kappa shape index (κ3) is 3.24. The SMILES string of the molecule is CC1=C2CCN(CC3CCCO3)C23CC=C(Oc2ccccc2)C=C3N=C1.Cl. The maximum Gasteiger partial charge on any atom is 0.127 e. The quantitative estimate of drug-likeness (QED) is 0.738. The molecule has 1 aliphatic carbocycles. The van der Waals surface area contributed by atoms with E-state index in [0.29, 0.717) is 6.10 Å². The van der Waals surface area contributed by atoms with Gasteiger partial charge in [-0.2, -0.15) is 0 Å². The van der Waals surface area contributed by atoms with Crippen LogP contribution in [0.3, 0.4) is 0 Å². The number of benzene rings is 1. The average Bonchev–Trinajstić information content (AvgIpc) is 3.33. The monoisotopic (exact) mass is 398 g/mol. The van der Waals surface area contributed by atoms with Crippen LogP contribution in [0.2, 0.25) is 0 Å². The number of para-hydroxylation sites is 1. The molecule has 2 atom stereocenters. The van der Waals surface area contributed by atoms with Crippen LogP contribution in [0.25, 0.3) is 0 Å². The number of hydrogen-bond acceptors (Lipinski definition) is 4. The van der Waals surface area contributed by atoms with Crippen molar-refractivity contribution >= 4 is 18.6 Å². The Kier molecular flexibility index (Phi) is 5.46. The van der Waals surface area contributed by atoms with Gasteiger partial charge in [-0.25, -0.2) is 0 Å². The molecule has 0 aromatic heterocycles. The van der Waals surface area contributed by atoms with Gasteiger partial charge in [0, 0.05) is 32.0 Å². The van der Waals surface area contributed by atoms with E-state index < -0.39 is 0 Å². The van der Waals surface area contributed by atoms with Crippen molar-refractivity contribution in [2.45, 2.75) is 44.2 Å². The number of likely N-dealkylation sites (tertiary alicyclic amines) is 1. The highest BCUT2D eigenvalue weighted by Gasteiger charge is 2.51. The molecule has 0 bridgehead atoms. The van der Waals surface area contributed by atoms with E-state index >= 15 is 0 Å². The van der Waals surface area contributed by atoms with E-state index in [1.165, 1.54) is 24.0 Å². The van der Waals surface area contributed by atoms with Crippen molar-refractivity contribution in [2.24, 2.45) is 4.99 Å². The number of aliphatic imine (C=N–C) groups is 1. The average molecular weight is 399 g/mol. The van der Waals surface area contributed by atoms with Crippen molar-refractivity contribution in [3.05, 3.63) is 65.1 Å². The zero-order valence-corrected chi connectivity index (χ0v) is 17.1. The largest absolute Gasteiger partial charge is 0.458 e. The van der Waals surface area contributed by atoms with Gasteiger partial charge < -0.3 is 9.47 Å². The van der Waals surface area contributed by atoms with Crippen molar-refractivity contribution in [1.82, 2.24) is 4.90 Å². The Balaban J connectivity index is 0.00000192. The lowest BCUT2D eigenvalue weighted by Crippen LogP contribution is -2.50. The molecule has 5 rings (SSSR count). The lowest BCUT2D eigenvalue weighted by molar-refractivity contribution is 0.0558. The van der Waals surface area contributed by atoms with Crippen molar-refractivity contribution in [3.63, 3.8) is 0 Å². The minimum Gasteiger partial charge on any atom is -0.458 e. The van der Waals surface area contributed by atoms with Crippen LogP contribution in [-0.4, -0.2) is 42.5 Å². The molecule has 28 heavy (non-hydrogen) atoms. The van der Waals surface area contributed by atoms with Crippen LogP contribution in [0.4, 0.5) is 0 Å². The van der Waals surface area contributed by atoms with Crippen molar-refractivity contribution < 1.29 is 9.47 Å². The number of ether oxygens (including phenoxy) is 2. The molecule has 0 amide bonds. The standard InChI is InChI=1S/C23H26N2O2.ClH/c1-17-15-24-22-14-19(27-18-6-3-2-4-7-18)9-11-23(22)21(17)10-12-25(23)16-20-8-5-13-26-20;/h2-4,6-7,9,14-15,20H,5,8,10-13,16H2,1H3;1H. The third-order valence-corrected chi connectivity index (χ3v) is 6.27. The Morgan fingerprint density at radius 2 is 2.14 bits per heavy atom. The first-order chi connectivity index (χ1) is 13.3. The van der Waals surface area contributed by atoms with Crippen LogP contribution in [0.5, 0.6) is 5.75 Å². The summed E-state index contributed by atoms with van der Waals surface area (Å²) in [5, 5.41) is 0. The smallest absolute Gasteiger partial charge is 0.127 e. The second-order valence-electron chi connectivity index (χ2n) is 7.87. The first-order valence-electron chi connectivity index (χ1n) is 10.0. The lowest BCUT2D eigenvalue weighted by Gasteiger charge is -2.44. The highest BCUT2D eigenvalue weighted by Crippen LogP contribution is 2.49. The fourth-order valence-corrected chi connectivity index (χ4v) is 4.96. The normalized spacial score (nSPS) is 29.0. The Morgan fingerprint density at radius 3 is 2.93 bits per heavy atom. The third-order valence-electron chi connectivity index (χ3n) is 6.27. The van der Waals surface area contributed by atoms with Crippen molar-refractivity contribution in [3.8, 4) is 5.75 Å². The number of nitrogens with zero attached hydrogens (tertiary/aromatic N) is 2. The minimum absolute atomic E-state index is 0. The molecule has 0 saturated carbocycles. The van der Waals surface area contributed by atoms with Crippen molar-refractivity contribution in [1.29, 1.82) is 0 Å². The minimum atomic E-state index is -0.103. The Morgan fingerprint density at radius 1 is 1.29 bits per heavy atom. The van der Waals surface area contributed by atoms with Crippen LogP contribution in [-0.2, 0) is 4.74 Å². The molecular weight excluding hydrogens is 372 g/mol. The van der Waals surface area contributed by atoms with E-state index in [0.717, 1.165) is 49.7 Å². The number of rotatable bonds is 4. The fraction of sp³-hybridized carbons (Fsp3) is 0.435. The Labute approximate surface area is 173 Å². The van der Waals surface area contributed by atoms with Gasteiger partial charge in [0.2, 0.25) is 0 Å². The van der Waals surface area contributed by atoms with Crippen LogP contribution < -0.4 is 4.74 Å². The van der Waals surface area contributed by atoms with E-state index in [2.05, 4.69) is 24.0 Å². The molecular formula is C23H27ClN2O2. The number of hydrogen-bond donors (Lipinski definition) is 0. The summed E-state index contributed by atoms with van der Waals surface area (Å²) in [4.78, 5) is 7.47. The number of halogens is 1. The van der Waals surface area contributed by atoms with Gasteiger partial charge in [-0.15, -0.1) is 12.4 Å². The summed E-state index contributed by atoms with van der Waals surface area (Å²) < 4.78 is 12.0. The lowest BCUT2D eigenvalue weighted by atomic mass is 9.77. The number of allylic oxidation sites excluding steroid dienone is 2. The van der Waals surface area contributed by atoms with E-state index in [1.807, 2.05) is 36.5 Å². The summed E-state index contributed by atoms with van der Waals surface area (Å²) in [5.74, 6) is 1.76. The Bertz CT molecular complexity index is 853. The van der Waals surface area contributed by atoms with Crippen LogP contribution in [0.15, 0.2) is 70.1 Å². The summed E-state index contributed by atoms with van der Waals surface area (Å²) in [7, 11) is 0. The zero-order valence-electron chi connectivity index (χ0n) is 16.3. The molecule has 1 aromatic carbocycles. The van der Waals surface area contributed by atoms with Gasteiger partial charge in [0.05, 0.1) is 17.3 Å². The van der Waals surface area contributed by atoms with Gasteiger partial charge in [-0.3, -0.25) is 9.89 Å². The van der Waals surface area contributed by atoms with Gasteiger partial charge in [-0.05, 0) is 62.0 Å².